The molecule has 3 aromatic heterocycles. The quantitative estimate of drug-likeness (QED) is 0.141. The van der Waals surface area contributed by atoms with Crippen LogP contribution in [-0.2, 0) is 14.8 Å². The van der Waals surface area contributed by atoms with Crippen LogP contribution in [0.4, 0.5) is 5.00 Å². The molecule has 0 aliphatic heterocycles. The van der Waals surface area contributed by atoms with Crippen LogP contribution in [0.1, 0.15) is 12.8 Å². The minimum atomic E-state index is -4.12. The molecule has 0 radical (unpaired) electrons. The largest absolute Gasteiger partial charge is 0.494 e. The molecule has 3 heterocycles. The zero-order valence-electron chi connectivity index (χ0n) is 19.6. The van der Waals surface area contributed by atoms with Crippen LogP contribution in [0.5, 0.6) is 5.75 Å². The molecule has 1 N–H and O–H groups in total. The molecule has 0 aliphatic rings. The summed E-state index contributed by atoms with van der Waals surface area (Å²) in [6.07, 6.45) is 0.278. The summed E-state index contributed by atoms with van der Waals surface area (Å²) in [5.41, 5.74) is 2.13. The molecule has 5 aromatic rings. The number of nitrogens with zero attached hydrogens (tertiary/aromatic N) is 2. The molecule has 0 fully saturated rings. The first-order valence-electron chi connectivity index (χ1n) is 11.3. The van der Waals surface area contributed by atoms with Crippen LogP contribution in [0, 0.1) is 6.57 Å². The third-order valence-corrected chi connectivity index (χ3v) is 9.49. The minimum absolute atomic E-state index is 0.0339. The van der Waals surface area contributed by atoms with E-state index >= 15 is 0 Å². The smallest absolute Gasteiger partial charge is 0.303 e. The highest BCUT2D eigenvalue weighted by atomic mass is 35.5. The number of aromatic nitrogens is 1. The highest BCUT2D eigenvalue weighted by Crippen LogP contribution is 2.49. The molecular formula is C27H19ClN2O5S3. The van der Waals surface area contributed by atoms with Crippen LogP contribution in [0.15, 0.2) is 76.3 Å². The molecule has 5 rings (SSSR count). The maximum atomic E-state index is 14.2. The molecule has 0 amide bonds. The van der Waals surface area contributed by atoms with Gasteiger partial charge in [-0.05, 0) is 59.6 Å². The second-order valence-corrected chi connectivity index (χ2v) is 12.3. The normalized spacial score (nSPS) is 11.5. The average molecular weight is 583 g/mol. The van der Waals surface area contributed by atoms with Gasteiger partial charge in [0.1, 0.15) is 5.75 Å². The molecule has 0 aliphatic carbocycles. The fraction of sp³-hybridized carbons (Fsp3) is 0.111. The Morgan fingerprint density at radius 1 is 1.08 bits per heavy atom. The molecule has 2 aromatic carbocycles. The molecule has 0 saturated heterocycles. The molecule has 192 valence electrons. The standard InChI is InChI=1S/C27H19ClN2O5S3/c1-29-27-21(12-15-37-27)25-20-11-8-18(35-13-2-5-24(31)32)16-22(20)30(26(25)23-4-3-14-36-23)38(33,34)19-9-6-17(28)7-10-19/h3-4,6-12,14-16H,2,5,13H2,(H,31,32). The van der Waals surface area contributed by atoms with Crippen LogP contribution in [0.2, 0.25) is 5.02 Å². The average Bonchev–Trinajstić information content (AvgIpc) is 3.64. The second-order valence-electron chi connectivity index (χ2n) is 8.20. The van der Waals surface area contributed by atoms with Crippen LogP contribution in [0.25, 0.3) is 37.4 Å². The molecule has 38 heavy (non-hydrogen) atoms. The number of halogens is 1. The number of thiophene rings is 2. The molecule has 0 spiro atoms. The van der Waals surface area contributed by atoms with Crippen molar-refractivity contribution >= 4 is 66.2 Å². The van der Waals surface area contributed by atoms with E-state index in [0.29, 0.717) is 49.9 Å². The fourth-order valence-corrected chi connectivity index (χ4v) is 7.36. The number of carboxylic acids is 1. The van der Waals surface area contributed by atoms with Crippen molar-refractivity contribution in [1.29, 1.82) is 0 Å². The van der Waals surface area contributed by atoms with Crippen molar-refractivity contribution in [2.24, 2.45) is 0 Å². The van der Waals surface area contributed by atoms with Crippen molar-refractivity contribution < 1.29 is 23.1 Å². The summed E-state index contributed by atoms with van der Waals surface area (Å²) >= 11 is 8.74. The van der Waals surface area contributed by atoms with E-state index < -0.39 is 16.0 Å². The Labute approximate surface area is 232 Å². The molecule has 0 atom stereocenters. The summed E-state index contributed by atoms with van der Waals surface area (Å²) in [4.78, 5) is 15.3. The number of aliphatic carboxylic acids is 1. The number of benzene rings is 2. The first-order valence-corrected chi connectivity index (χ1v) is 14.9. The Bertz CT molecular complexity index is 1780. The van der Waals surface area contributed by atoms with Crippen molar-refractivity contribution in [3.05, 3.63) is 87.9 Å². The Kier molecular flexibility index (Phi) is 7.27. The lowest BCUT2D eigenvalue weighted by molar-refractivity contribution is -0.137. The lowest BCUT2D eigenvalue weighted by Crippen LogP contribution is -2.14. The van der Waals surface area contributed by atoms with E-state index in [1.165, 1.54) is 50.9 Å². The third-order valence-electron chi connectivity index (χ3n) is 5.82. The second kappa shape index (κ2) is 10.6. The summed E-state index contributed by atoms with van der Waals surface area (Å²) in [5.74, 6) is -0.503. The predicted octanol–water partition coefficient (Wildman–Crippen LogP) is 7.78. The number of hydrogen-bond acceptors (Lipinski definition) is 6. The zero-order chi connectivity index (χ0) is 26.9. The predicted molar refractivity (Wildman–Crippen MR) is 151 cm³/mol. The number of carboxylic acid groups (broad SMARTS) is 1. The van der Waals surface area contributed by atoms with Gasteiger partial charge >= 0.3 is 5.97 Å². The van der Waals surface area contributed by atoms with Gasteiger partial charge in [-0.1, -0.05) is 23.7 Å². The first-order chi connectivity index (χ1) is 18.3. The van der Waals surface area contributed by atoms with Gasteiger partial charge in [-0.25, -0.2) is 17.2 Å². The van der Waals surface area contributed by atoms with Gasteiger partial charge in [0.2, 0.25) is 5.00 Å². The van der Waals surface area contributed by atoms with Crippen molar-refractivity contribution in [2.45, 2.75) is 17.7 Å². The molecule has 0 bridgehead atoms. The van der Waals surface area contributed by atoms with Crippen molar-refractivity contribution in [2.75, 3.05) is 6.61 Å². The zero-order valence-corrected chi connectivity index (χ0v) is 22.8. The highest BCUT2D eigenvalue weighted by Gasteiger charge is 2.30. The van der Waals surface area contributed by atoms with Gasteiger partial charge in [0.15, 0.2) is 0 Å². The van der Waals surface area contributed by atoms with Gasteiger partial charge in [-0.15, -0.1) is 11.3 Å². The number of fused-ring (bicyclic) bond motifs is 1. The minimum Gasteiger partial charge on any atom is -0.494 e. The van der Waals surface area contributed by atoms with E-state index in [4.69, 9.17) is 28.0 Å². The first kappa shape index (κ1) is 26.0. The SMILES string of the molecule is [C-]#[N+]c1sccc1-c1c(-c2cccs2)n(S(=O)(=O)c2ccc(Cl)cc2)c2cc(OCCCC(=O)O)ccc12. The van der Waals surface area contributed by atoms with Crippen molar-refractivity contribution in [3.63, 3.8) is 0 Å². The lowest BCUT2D eigenvalue weighted by Gasteiger charge is -2.13. The maximum absolute atomic E-state index is 14.2. The van der Waals surface area contributed by atoms with Gasteiger partial charge in [0.05, 0.1) is 34.2 Å². The van der Waals surface area contributed by atoms with Gasteiger partial charge in [0, 0.05) is 34.0 Å². The van der Waals surface area contributed by atoms with E-state index in [9.17, 15) is 13.2 Å². The fourth-order valence-electron chi connectivity index (χ4n) is 4.19. The summed E-state index contributed by atoms with van der Waals surface area (Å²) in [6, 6.07) is 16.7. The Morgan fingerprint density at radius 3 is 2.55 bits per heavy atom. The van der Waals surface area contributed by atoms with Gasteiger partial charge in [-0.2, -0.15) is 11.3 Å². The number of hydrogen-bond donors (Lipinski definition) is 1. The summed E-state index contributed by atoms with van der Waals surface area (Å²) in [7, 11) is -4.12. The van der Waals surface area contributed by atoms with Crippen molar-refractivity contribution in [1.82, 2.24) is 3.97 Å². The third kappa shape index (κ3) is 4.81. The number of rotatable bonds is 9. The van der Waals surface area contributed by atoms with Gasteiger partial charge < -0.3 is 9.84 Å². The highest BCUT2D eigenvalue weighted by molar-refractivity contribution is 7.90. The Balaban J connectivity index is 1.81. The molecular weight excluding hydrogens is 564 g/mol. The Hall–Kier alpha value is -3.62. The van der Waals surface area contributed by atoms with Gasteiger partial charge in [-0.3, -0.25) is 4.79 Å². The Morgan fingerprint density at radius 2 is 1.87 bits per heavy atom. The lowest BCUT2D eigenvalue weighted by atomic mass is 10.0. The molecule has 0 saturated carbocycles. The van der Waals surface area contributed by atoms with Crippen LogP contribution < -0.4 is 4.74 Å². The van der Waals surface area contributed by atoms with Crippen LogP contribution in [0.3, 0.4) is 0 Å². The van der Waals surface area contributed by atoms with Crippen LogP contribution in [-0.4, -0.2) is 30.1 Å². The summed E-state index contributed by atoms with van der Waals surface area (Å²) in [6.45, 7) is 7.85. The molecule has 7 nitrogen and oxygen atoms in total. The number of ether oxygens (including phenoxy) is 1. The van der Waals surface area contributed by atoms with Crippen molar-refractivity contribution in [3.8, 4) is 27.4 Å². The number of carbonyl (C=O) groups is 1. The van der Waals surface area contributed by atoms with E-state index in [1.54, 1.807) is 18.2 Å². The topological polar surface area (TPSA) is 90.0 Å². The van der Waals surface area contributed by atoms with Gasteiger partial charge in [0.25, 0.3) is 10.0 Å². The van der Waals surface area contributed by atoms with E-state index in [1.807, 2.05) is 29.0 Å². The maximum Gasteiger partial charge on any atom is 0.303 e. The molecule has 11 heteroatoms. The summed E-state index contributed by atoms with van der Waals surface area (Å²) in [5, 5.41) is 14.1. The van der Waals surface area contributed by atoms with E-state index in [0.717, 1.165) is 4.88 Å². The van der Waals surface area contributed by atoms with E-state index in [-0.39, 0.29) is 17.9 Å². The van der Waals surface area contributed by atoms with Crippen LogP contribution >= 0.6 is 34.3 Å². The monoisotopic (exact) mass is 582 g/mol. The summed E-state index contributed by atoms with van der Waals surface area (Å²) < 4.78 is 35.5. The van der Waals surface area contributed by atoms with E-state index in [2.05, 4.69) is 4.85 Å². The molecule has 0 unspecified atom stereocenters.